The van der Waals surface area contributed by atoms with E-state index in [9.17, 15) is 9.18 Å². The normalized spacial score (nSPS) is 15.4. The Bertz CT molecular complexity index is 1140. The predicted octanol–water partition coefficient (Wildman–Crippen LogP) is 6.19. The molecule has 160 valence electrons. The van der Waals surface area contributed by atoms with Gasteiger partial charge in [-0.05, 0) is 68.2 Å². The molecular formula is C24H23FN2O2S2. The fourth-order valence-corrected chi connectivity index (χ4v) is 5.58. The van der Waals surface area contributed by atoms with Crippen molar-refractivity contribution in [2.45, 2.75) is 32.7 Å². The number of nitrogens with one attached hydrogen (secondary N) is 1. The Labute approximate surface area is 190 Å². The highest BCUT2D eigenvalue weighted by Crippen LogP contribution is 2.41. The van der Waals surface area contributed by atoms with E-state index in [4.69, 9.17) is 17.0 Å². The van der Waals surface area contributed by atoms with Gasteiger partial charge in [0.05, 0.1) is 7.11 Å². The lowest BCUT2D eigenvalue weighted by molar-refractivity contribution is 0.0603. The van der Waals surface area contributed by atoms with Gasteiger partial charge in [-0.1, -0.05) is 30.3 Å². The minimum Gasteiger partial charge on any atom is -0.465 e. The summed E-state index contributed by atoms with van der Waals surface area (Å²) in [7, 11) is 1.38. The Kier molecular flexibility index (Phi) is 6.07. The number of thiocarbonyl (C=S) groups is 1. The van der Waals surface area contributed by atoms with Gasteiger partial charge in [0, 0.05) is 22.2 Å². The van der Waals surface area contributed by atoms with Gasteiger partial charge < -0.3 is 15.0 Å². The second kappa shape index (κ2) is 8.77. The zero-order chi connectivity index (χ0) is 22.1. The number of thiophene rings is 1. The average Bonchev–Trinajstić information content (AvgIpc) is 3.09. The highest BCUT2D eigenvalue weighted by atomic mass is 32.1. The molecule has 0 saturated carbocycles. The number of benzene rings is 2. The van der Waals surface area contributed by atoms with Crippen LogP contribution >= 0.6 is 23.6 Å². The third kappa shape index (κ3) is 4.07. The summed E-state index contributed by atoms with van der Waals surface area (Å²) >= 11 is 7.24. The summed E-state index contributed by atoms with van der Waals surface area (Å²) in [4.78, 5) is 15.7. The van der Waals surface area contributed by atoms with Crippen LogP contribution in [0, 0.1) is 12.7 Å². The van der Waals surface area contributed by atoms with E-state index in [0.717, 1.165) is 40.1 Å². The molecular weight excluding hydrogens is 431 g/mol. The molecule has 0 amide bonds. The summed E-state index contributed by atoms with van der Waals surface area (Å²) < 4.78 is 18.8. The fraction of sp³-hybridized carbons (Fsp3) is 0.250. The summed E-state index contributed by atoms with van der Waals surface area (Å²) in [5, 5.41) is 4.42. The maximum absolute atomic E-state index is 13.7. The van der Waals surface area contributed by atoms with Crippen LogP contribution in [-0.4, -0.2) is 24.2 Å². The molecule has 31 heavy (non-hydrogen) atoms. The number of carbonyl (C=O) groups is 1. The number of rotatable bonds is 3. The van der Waals surface area contributed by atoms with Gasteiger partial charge in [0.1, 0.15) is 16.4 Å². The first-order valence-electron chi connectivity index (χ1n) is 10.1. The molecule has 1 N–H and O–H groups in total. The average molecular weight is 455 g/mol. The summed E-state index contributed by atoms with van der Waals surface area (Å²) in [5.74, 6) is -0.663. The molecule has 2 heterocycles. The molecule has 4 rings (SSSR count). The third-order valence-corrected chi connectivity index (χ3v) is 6.87. The number of methoxy groups -OCH3 is 1. The SMILES string of the molecule is COC(=O)c1c(NC(=S)N2c3ccc(F)cc3CCC2C)sc(C)c1-c1ccccc1. The highest BCUT2D eigenvalue weighted by Gasteiger charge is 2.29. The Balaban J connectivity index is 1.73. The van der Waals surface area contributed by atoms with E-state index in [2.05, 4.69) is 12.2 Å². The van der Waals surface area contributed by atoms with Crippen LogP contribution in [0.15, 0.2) is 48.5 Å². The first-order chi connectivity index (χ1) is 14.9. The van der Waals surface area contributed by atoms with E-state index in [1.165, 1.54) is 24.5 Å². The van der Waals surface area contributed by atoms with E-state index < -0.39 is 5.97 Å². The zero-order valence-corrected chi connectivity index (χ0v) is 19.2. The summed E-state index contributed by atoms with van der Waals surface area (Å²) in [6.07, 6.45) is 1.66. The molecule has 1 aliphatic heterocycles. The number of halogens is 1. The van der Waals surface area contributed by atoms with E-state index in [1.807, 2.05) is 42.2 Å². The van der Waals surface area contributed by atoms with E-state index >= 15 is 0 Å². The number of anilines is 2. The van der Waals surface area contributed by atoms with E-state index in [-0.39, 0.29) is 11.9 Å². The molecule has 1 aliphatic rings. The van der Waals surface area contributed by atoms with Gasteiger partial charge in [-0.15, -0.1) is 11.3 Å². The van der Waals surface area contributed by atoms with Gasteiger partial charge in [0.2, 0.25) is 0 Å². The number of hydrogen-bond donors (Lipinski definition) is 1. The maximum Gasteiger partial charge on any atom is 0.341 e. The Morgan fingerprint density at radius 3 is 2.71 bits per heavy atom. The monoisotopic (exact) mass is 454 g/mol. The van der Waals surface area contributed by atoms with Gasteiger partial charge in [0.25, 0.3) is 0 Å². The number of ether oxygens (including phenoxy) is 1. The smallest absolute Gasteiger partial charge is 0.341 e. The van der Waals surface area contributed by atoms with Crippen LogP contribution < -0.4 is 10.2 Å². The molecule has 4 nitrogen and oxygen atoms in total. The Morgan fingerprint density at radius 2 is 2.00 bits per heavy atom. The van der Waals surface area contributed by atoms with Crippen LogP contribution in [0.25, 0.3) is 11.1 Å². The molecule has 1 aromatic heterocycles. The number of fused-ring (bicyclic) bond motifs is 1. The molecule has 1 atom stereocenters. The Hall–Kier alpha value is -2.77. The number of hydrogen-bond acceptors (Lipinski definition) is 4. The molecule has 7 heteroatoms. The maximum atomic E-state index is 13.7. The standard InChI is InChI=1S/C24H23FN2O2S2/c1-14-9-10-17-13-18(25)11-12-19(17)27(14)24(30)26-22-21(23(28)29-3)20(15(2)31-22)16-7-5-4-6-8-16/h4-8,11-14H,9-10H2,1-3H3,(H,26,30). The minimum atomic E-state index is -0.414. The van der Waals surface area contributed by atoms with Crippen LogP contribution in [0.2, 0.25) is 0 Å². The quantitative estimate of drug-likeness (QED) is 0.378. The molecule has 3 aromatic rings. The van der Waals surface area contributed by atoms with Crippen molar-refractivity contribution in [2.24, 2.45) is 0 Å². The van der Waals surface area contributed by atoms with Crippen LogP contribution in [0.3, 0.4) is 0 Å². The molecule has 1 unspecified atom stereocenters. The van der Waals surface area contributed by atoms with Crippen LogP contribution in [-0.2, 0) is 11.2 Å². The second-order valence-electron chi connectivity index (χ2n) is 7.56. The predicted molar refractivity (Wildman–Crippen MR) is 129 cm³/mol. The van der Waals surface area contributed by atoms with Crippen LogP contribution in [0.5, 0.6) is 0 Å². The lowest BCUT2D eigenvalue weighted by atomic mass is 9.97. The molecule has 0 aliphatic carbocycles. The number of aryl methyl sites for hydroxylation is 2. The minimum absolute atomic E-state index is 0.147. The van der Waals surface area contributed by atoms with Crippen molar-refractivity contribution >= 4 is 45.3 Å². The molecule has 2 aromatic carbocycles. The number of esters is 1. The van der Waals surface area contributed by atoms with Crippen molar-refractivity contribution in [2.75, 3.05) is 17.3 Å². The summed E-state index contributed by atoms with van der Waals surface area (Å²) in [5.41, 5.74) is 4.10. The van der Waals surface area contributed by atoms with Crippen molar-refractivity contribution in [3.63, 3.8) is 0 Å². The molecule has 0 saturated heterocycles. The van der Waals surface area contributed by atoms with E-state index in [1.54, 1.807) is 12.1 Å². The first kappa shape index (κ1) is 21.5. The third-order valence-electron chi connectivity index (χ3n) is 5.55. The van der Waals surface area contributed by atoms with Gasteiger partial charge in [-0.2, -0.15) is 0 Å². The molecule has 0 radical (unpaired) electrons. The molecule has 0 spiro atoms. The van der Waals surface area contributed by atoms with Gasteiger partial charge >= 0.3 is 5.97 Å². The summed E-state index contributed by atoms with van der Waals surface area (Å²) in [6.45, 7) is 4.08. The Morgan fingerprint density at radius 1 is 1.26 bits per heavy atom. The highest BCUT2D eigenvalue weighted by molar-refractivity contribution is 7.80. The van der Waals surface area contributed by atoms with E-state index in [0.29, 0.717) is 15.7 Å². The zero-order valence-electron chi connectivity index (χ0n) is 17.6. The van der Waals surface area contributed by atoms with Crippen LogP contribution in [0.1, 0.15) is 34.1 Å². The van der Waals surface area contributed by atoms with Crippen molar-refractivity contribution in [1.29, 1.82) is 0 Å². The van der Waals surface area contributed by atoms with Crippen molar-refractivity contribution in [3.05, 3.63) is 70.4 Å². The van der Waals surface area contributed by atoms with Crippen molar-refractivity contribution in [1.82, 2.24) is 0 Å². The van der Waals surface area contributed by atoms with Gasteiger partial charge in [-0.3, -0.25) is 0 Å². The largest absolute Gasteiger partial charge is 0.465 e. The fourth-order valence-electron chi connectivity index (χ4n) is 4.07. The van der Waals surface area contributed by atoms with Crippen LogP contribution in [0.4, 0.5) is 15.1 Å². The lowest BCUT2D eigenvalue weighted by Gasteiger charge is -2.37. The van der Waals surface area contributed by atoms with Crippen molar-refractivity contribution in [3.8, 4) is 11.1 Å². The van der Waals surface area contributed by atoms with Gasteiger partial charge in [0.15, 0.2) is 5.11 Å². The van der Waals surface area contributed by atoms with Crippen molar-refractivity contribution < 1.29 is 13.9 Å². The summed E-state index contributed by atoms with van der Waals surface area (Å²) in [6, 6.07) is 14.7. The van der Waals surface area contributed by atoms with Gasteiger partial charge in [-0.25, -0.2) is 9.18 Å². The topological polar surface area (TPSA) is 41.6 Å². The molecule has 0 fully saturated rings. The number of nitrogens with zero attached hydrogens (tertiary/aromatic N) is 1. The first-order valence-corrected chi connectivity index (χ1v) is 11.3. The lowest BCUT2D eigenvalue weighted by Crippen LogP contribution is -2.44. The molecule has 0 bridgehead atoms. The second-order valence-corrected chi connectivity index (χ2v) is 9.17. The number of carbonyl (C=O) groups excluding carboxylic acids is 1.